The standard InChI is InChI=1S/C7H7ClO2S2/c8-12(9,10)7-6(3-4-11-7)5-1-2-5/h3-5H,1-2H2. The van der Waals surface area contributed by atoms with Gasteiger partial charge in [-0.05, 0) is 35.8 Å². The van der Waals surface area contributed by atoms with Gasteiger partial charge in [0.05, 0.1) is 0 Å². The van der Waals surface area contributed by atoms with Gasteiger partial charge in [-0.1, -0.05) is 0 Å². The van der Waals surface area contributed by atoms with Crippen molar-refractivity contribution in [2.75, 3.05) is 0 Å². The van der Waals surface area contributed by atoms with Gasteiger partial charge in [0.15, 0.2) is 0 Å². The normalized spacial score (nSPS) is 18.1. The molecule has 2 rings (SSSR count). The highest BCUT2D eigenvalue weighted by Crippen LogP contribution is 2.45. The summed E-state index contributed by atoms with van der Waals surface area (Å²) in [4.78, 5) is 0. The van der Waals surface area contributed by atoms with Crippen LogP contribution in [-0.4, -0.2) is 8.42 Å². The maximum absolute atomic E-state index is 11.0. The third kappa shape index (κ3) is 1.51. The van der Waals surface area contributed by atoms with Gasteiger partial charge in [-0.2, -0.15) is 0 Å². The Bertz CT molecular complexity index is 389. The van der Waals surface area contributed by atoms with Gasteiger partial charge in [-0.15, -0.1) is 11.3 Å². The molecule has 0 bridgehead atoms. The molecule has 1 aliphatic carbocycles. The predicted molar refractivity (Wildman–Crippen MR) is 49.3 cm³/mol. The molecule has 0 amide bonds. The summed E-state index contributed by atoms with van der Waals surface area (Å²) in [7, 11) is 1.76. The van der Waals surface area contributed by atoms with Crippen LogP contribution in [0.15, 0.2) is 15.7 Å². The lowest BCUT2D eigenvalue weighted by Gasteiger charge is -1.95. The SMILES string of the molecule is O=S(=O)(Cl)c1sccc1C1CC1. The molecule has 1 fully saturated rings. The van der Waals surface area contributed by atoms with Crippen LogP contribution in [0.2, 0.25) is 0 Å². The molecule has 1 aromatic heterocycles. The monoisotopic (exact) mass is 222 g/mol. The minimum Gasteiger partial charge on any atom is -0.206 e. The first kappa shape index (κ1) is 8.53. The molecule has 12 heavy (non-hydrogen) atoms. The topological polar surface area (TPSA) is 34.1 Å². The van der Waals surface area contributed by atoms with Crippen molar-refractivity contribution in [2.24, 2.45) is 0 Å². The Hall–Kier alpha value is -0.0600. The first-order chi connectivity index (χ1) is 5.59. The highest BCUT2D eigenvalue weighted by atomic mass is 35.7. The first-order valence-corrected chi connectivity index (χ1v) is 6.80. The molecule has 0 spiro atoms. The second kappa shape index (κ2) is 2.72. The Kier molecular flexibility index (Phi) is 1.93. The smallest absolute Gasteiger partial charge is 0.206 e. The minimum absolute atomic E-state index is 0.340. The predicted octanol–water partition coefficient (Wildman–Crippen LogP) is 2.55. The van der Waals surface area contributed by atoms with Gasteiger partial charge < -0.3 is 0 Å². The highest BCUT2D eigenvalue weighted by Gasteiger charge is 2.30. The molecule has 0 N–H and O–H groups in total. The van der Waals surface area contributed by atoms with E-state index in [1.807, 2.05) is 6.07 Å². The van der Waals surface area contributed by atoms with E-state index in [1.54, 1.807) is 5.38 Å². The van der Waals surface area contributed by atoms with E-state index in [2.05, 4.69) is 0 Å². The van der Waals surface area contributed by atoms with Crippen LogP contribution in [0.25, 0.3) is 0 Å². The Morgan fingerprint density at radius 1 is 1.50 bits per heavy atom. The quantitative estimate of drug-likeness (QED) is 0.721. The summed E-state index contributed by atoms with van der Waals surface area (Å²) in [6.07, 6.45) is 2.19. The molecule has 0 aliphatic heterocycles. The van der Waals surface area contributed by atoms with Gasteiger partial charge in [-0.3, -0.25) is 0 Å². The van der Waals surface area contributed by atoms with Crippen molar-refractivity contribution in [3.63, 3.8) is 0 Å². The average molecular weight is 223 g/mol. The van der Waals surface area contributed by atoms with Crippen molar-refractivity contribution in [1.82, 2.24) is 0 Å². The summed E-state index contributed by atoms with van der Waals surface area (Å²) in [6.45, 7) is 0. The zero-order valence-electron chi connectivity index (χ0n) is 6.16. The van der Waals surface area contributed by atoms with Crippen LogP contribution in [0.5, 0.6) is 0 Å². The van der Waals surface area contributed by atoms with E-state index in [9.17, 15) is 8.42 Å². The largest absolute Gasteiger partial charge is 0.271 e. The molecule has 5 heteroatoms. The fourth-order valence-electron chi connectivity index (χ4n) is 1.20. The zero-order valence-corrected chi connectivity index (χ0v) is 8.55. The van der Waals surface area contributed by atoms with Crippen LogP contribution in [0.3, 0.4) is 0 Å². The second-order valence-electron chi connectivity index (χ2n) is 2.88. The summed E-state index contributed by atoms with van der Waals surface area (Å²) in [5.41, 5.74) is 0.912. The van der Waals surface area contributed by atoms with Crippen molar-refractivity contribution in [1.29, 1.82) is 0 Å². The molecule has 1 aromatic rings. The molecular formula is C7H7ClO2S2. The number of rotatable bonds is 2. The van der Waals surface area contributed by atoms with E-state index in [4.69, 9.17) is 10.7 Å². The number of thiophene rings is 1. The average Bonchev–Trinajstić information content (AvgIpc) is 2.65. The number of hydrogen-bond donors (Lipinski definition) is 0. The number of halogens is 1. The molecular weight excluding hydrogens is 216 g/mol. The lowest BCUT2D eigenvalue weighted by molar-refractivity contribution is 0.610. The molecule has 2 nitrogen and oxygen atoms in total. The Morgan fingerprint density at radius 2 is 2.17 bits per heavy atom. The van der Waals surface area contributed by atoms with E-state index in [0.29, 0.717) is 10.1 Å². The molecule has 0 atom stereocenters. The minimum atomic E-state index is -3.50. The molecule has 0 aromatic carbocycles. The van der Waals surface area contributed by atoms with Gasteiger partial charge in [-0.25, -0.2) is 8.42 Å². The fourth-order valence-corrected chi connectivity index (χ4v) is 3.65. The van der Waals surface area contributed by atoms with E-state index >= 15 is 0 Å². The van der Waals surface area contributed by atoms with Crippen molar-refractivity contribution in [3.8, 4) is 0 Å². The van der Waals surface area contributed by atoms with Gasteiger partial charge in [0.1, 0.15) is 4.21 Å². The van der Waals surface area contributed by atoms with Gasteiger partial charge >= 0.3 is 0 Å². The van der Waals surface area contributed by atoms with Gasteiger partial charge in [0.2, 0.25) is 0 Å². The van der Waals surface area contributed by atoms with Crippen LogP contribution in [-0.2, 0) is 9.05 Å². The maximum Gasteiger partial charge on any atom is 0.271 e. The third-order valence-corrected chi connectivity index (χ3v) is 4.98. The summed E-state index contributed by atoms with van der Waals surface area (Å²) in [5, 5.41) is 1.78. The molecule has 0 unspecified atom stereocenters. The Balaban J connectivity index is 2.49. The second-order valence-corrected chi connectivity index (χ2v) is 6.55. The number of hydrogen-bond acceptors (Lipinski definition) is 3. The Labute approximate surface area is 79.6 Å². The molecule has 1 heterocycles. The van der Waals surface area contributed by atoms with Crippen LogP contribution >= 0.6 is 22.0 Å². The lowest BCUT2D eigenvalue weighted by Crippen LogP contribution is -1.90. The van der Waals surface area contributed by atoms with Crippen molar-refractivity contribution in [3.05, 3.63) is 17.0 Å². The summed E-state index contributed by atoms with van der Waals surface area (Å²) in [5.74, 6) is 0.444. The molecule has 66 valence electrons. The maximum atomic E-state index is 11.0. The first-order valence-electron chi connectivity index (χ1n) is 3.61. The van der Waals surface area contributed by atoms with Gasteiger partial charge in [0, 0.05) is 10.7 Å². The van der Waals surface area contributed by atoms with E-state index < -0.39 is 9.05 Å². The molecule has 1 aliphatic rings. The molecule has 0 saturated heterocycles. The van der Waals surface area contributed by atoms with Crippen LogP contribution in [0, 0.1) is 0 Å². The Morgan fingerprint density at radius 3 is 2.67 bits per heavy atom. The fraction of sp³-hybridized carbons (Fsp3) is 0.429. The lowest BCUT2D eigenvalue weighted by atomic mass is 10.2. The van der Waals surface area contributed by atoms with Crippen molar-refractivity contribution < 1.29 is 8.42 Å². The van der Waals surface area contributed by atoms with E-state index in [1.165, 1.54) is 11.3 Å². The van der Waals surface area contributed by atoms with Crippen LogP contribution in [0.4, 0.5) is 0 Å². The third-order valence-electron chi connectivity index (χ3n) is 1.90. The van der Waals surface area contributed by atoms with Crippen molar-refractivity contribution >= 4 is 31.1 Å². The zero-order chi connectivity index (χ0) is 8.77. The summed E-state index contributed by atoms with van der Waals surface area (Å²) >= 11 is 1.20. The summed E-state index contributed by atoms with van der Waals surface area (Å²) in [6, 6.07) is 1.86. The summed E-state index contributed by atoms with van der Waals surface area (Å²) < 4.78 is 22.4. The molecule has 0 radical (unpaired) electrons. The highest BCUT2D eigenvalue weighted by molar-refractivity contribution is 8.15. The van der Waals surface area contributed by atoms with Crippen LogP contribution < -0.4 is 0 Å². The van der Waals surface area contributed by atoms with E-state index in [0.717, 1.165) is 18.4 Å². The van der Waals surface area contributed by atoms with Crippen LogP contribution in [0.1, 0.15) is 24.3 Å². The van der Waals surface area contributed by atoms with E-state index in [-0.39, 0.29) is 0 Å². The van der Waals surface area contributed by atoms with Crippen molar-refractivity contribution in [2.45, 2.75) is 23.0 Å². The molecule has 1 saturated carbocycles. The van der Waals surface area contributed by atoms with Gasteiger partial charge in [0.25, 0.3) is 9.05 Å².